The Balaban J connectivity index is 1.41. The number of piperazine rings is 1. The molecule has 0 spiro atoms. The van der Waals surface area contributed by atoms with Gasteiger partial charge in [0.1, 0.15) is 5.75 Å². The molecule has 28 heavy (non-hydrogen) atoms. The van der Waals surface area contributed by atoms with Gasteiger partial charge < -0.3 is 24.4 Å². The lowest BCUT2D eigenvalue weighted by Gasteiger charge is -2.35. The molecule has 2 amide bonds. The zero-order valence-electron chi connectivity index (χ0n) is 16.3. The first kappa shape index (κ1) is 18.2. The predicted molar refractivity (Wildman–Crippen MR) is 111 cm³/mol. The summed E-state index contributed by atoms with van der Waals surface area (Å²) in [5.74, 6) is 1.64. The van der Waals surface area contributed by atoms with E-state index in [2.05, 4.69) is 20.9 Å². The summed E-state index contributed by atoms with van der Waals surface area (Å²) in [6, 6.07) is 15.5. The van der Waals surface area contributed by atoms with E-state index in [1.54, 1.807) is 0 Å². The molecule has 4 rings (SSSR count). The number of amides is 2. The number of hydrogen-bond acceptors (Lipinski definition) is 4. The minimum atomic E-state index is -0.100. The van der Waals surface area contributed by atoms with Gasteiger partial charge in [-0.3, -0.25) is 0 Å². The van der Waals surface area contributed by atoms with E-state index in [1.807, 2.05) is 61.3 Å². The zero-order valence-corrected chi connectivity index (χ0v) is 16.3. The van der Waals surface area contributed by atoms with Crippen molar-refractivity contribution in [1.29, 1.82) is 0 Å². The monoisotopic (exact) mass is 379 g/mol. The topological polar surface area (TPSA) is 62.6 Å². The van der Waals surface area contributed by atoms with Gasteiger partial charge in [-0.25, -0.2) is 9.78 Å². The van der Waals surface area contributed by atoms with Crippen LogP contribution in [0.3, 0.4) is 0 Å². The SMILES string of the molecule is CCOc1ccccc1NC(=O)N1CCN(c2nc3ccccc3n2C)CC1. The van der Waals surface area contributed by atoms with E-state index in [0.717, 1.165) is 30.1 Å². The molecule has 1 aliphatic heterocycles. The van der Waals surface area contributed by atoms with Crippen molar-refractivity contribution >= 4 is 28.7 Å². The molecule has 0 bridgehead atoms. The molecule has 3 aromatic rings. The quantitative estimate of drug-likeness (QED) is 0.755. The number of benzene rings is 2. The second-order valence-corrected chi connectivity index (χ2v) is 6.79. The Hall–Kier alpha value is -3.22. The van der Waals surface area contributed by atoms with Gasteiger partial charge in [-0.2, -0.15) is 0 Å². The molecule has 1 saturated heterocycles. The van der Waals surface area contributed by atoms with Crippen molar-refractivity contribution < 1.29 is 9.53 Å². The highest BCUT2D eigenvalue weighted by atomic mass is 16.5. The van der Waals surface area contributed by atoms with Crippen LogP contribution in [0.5, 0.6) is 5.75 Å². The number of nitrogens with zero attached hydrogens (tertiary/aromatic N) is 4. The lowest BCUT2D eigenvalue weighted by Crippen LogP contribution is -2.50. The Morgan fingerprint density at radius 3 is 2.54 bits per heavy atom. The van der Waals surface area contributed by atoms with Gasteiger partial charge >= 0.3 is 6.03 Å². The van der Waals surface area contributed by atoms with Crippen molar-refractivity contribution in [3.63, 3.8) is 0 Å². The average molecular weight is 379 g/mol. The number of hydrogen-bond donors (Lipinski definition) is 1. The minimum Gasteiger partial charge on any atom is -0.492 e. The summed E-state index contributed by atoms with van der Waals surface area (Å²) in [6.45, 7) is 5.27. The van der Waals surface area contributed by atoms with E-state index in [9.17, 15) is 4.79 Å². The molecule has 0 atom stereocenters. The van der Waals surface area contributed by atoms with Crippen molar-refractivity contribution in [1.82, 2.24) is 14.5 Å². The third-order valence-electron chi connectivity index (χ3n) is 5.04. The molecule has 1 aliphatic rings. The van der Waals surface area contributed by atoms with Crippen LogP contribution in [0.1, 0.15) is 6.92 Å². The van der Waals surface area contributed by atoms with Gasteiger partial charge in [0.15, 0.2) is 0 Å². The molecule has 1 N–H and O–H groups in total. The number of carbonyl (C=O) groups excluding carboxylic acids is 1. The number of imidazole rings is 1. The molecule has 2 aromatic carbocycles. The molecule has 0 radical (unpaired) electrons. The number of nitrogens with one attached hydrogen (secondary N) is 1. The van der Waals surface area contributed by atoms with Crippen molar-refractivity contribution in [2.75, 3.05) is 43.0 Å². The summed E-state index contributed by atoms with van der Waals surface area (Å²) in [4.78, 5) is 21.5. The Morgan fingerprint density at radius 1 is 1.07 bits per heavy atom. The second-order valence-electron chi connectivity index (χ2n) is 6.79. The highest BCUT2D eigenvalue weighted by Crippen LogP contribution is 2.25. The standard InChI is InChI=1S/C21H25N5O2/c1-3-28-19-11-7-5-9-17(19)23-21(27)26-14-12-25(13-15-26)20-22-16-8-4-6-10-18(16)24(20)2/h4-11H,3,12-15H2,1-2H3,(H,23,27). The Kier molecular flexibility index (Phi) is 5.06. The van der Waals surface area contributed by atoms with Gasteiger partial charge in [0, 0.05) is 33.2 Å². The molecule has 7 nitrogen and oxygen atoms in total. The first-order valence-corrected chi connectivity index (χ1v) is 9.61. The molecular formula is C21H25N5O2. The van der Waals surface area contributed by atoms with Crippen LogP contribution in [0.2, 0.25) is 0 Å². The smallest absolute Gasteiger partial charge is 0.322 e. The summed E-state index contributed by atoms with van der Waals surface area (Å²) in [6.07, 6.45) is 0. The number of anilines is 2. The number of rotatable bonds is 4. The number of fused-ring (bicyclic) bond motifs is 1. The molecule has 7 heteroatoms. The number of urea groups is 1. The summed E-state index contributed by atoms with van der Waals surface area (Å²) in [5.41, 5.74) is 2.81. The van der Waals surface area contributed by atoms with E-state index in [-0.39, 0.29) is 6.03 Å². The highest BCUT2D eigenvalue weighted by Gasteiger charge is 2.24. The summed E-state index contributed by atoms with van der Waals surface area (Å²) >= 11 is 0. The van der Waals surface area contributed by atoms with Gasteiger partial charge in [-0.15, -0.1) is 0 Å². The molecular weight excluding hydrogens is 354 g/mol. The predicted octanol–water partition coefficient (Wildman–Crippen LogP) is 3.33. The van der Waals surface area contributed by atoms with Crippen LogP contribution >= 0.6 is 0 Å². The Morgan fingerprint density at radius 2 is 1.79 bits per heavy atom. The van der Waals surface area contributed by atoms with Crippen molar-refractivity contribution in [2.45, 2.75) is 6.92 Å². The van der Waals surface area contributed by atoms with Crippen LogP contribution in [0.15, 0.2) is 48.5 Å². The fraction of sp³-hybridized carbons (Fsp3) is 0.333. The van der Waals surface area contributed by atoms with Crippen LogP contribution in [0.4, 0.5) is 16.4 Å². The van der Waals surface area contributed by atoms with E-state index in [1.165, 1.54) is 0 Å². The number of para-hydroxylation sites is 4. The molecule has 0 aliphatic carbocycles. The molecule has 0 unspecified atom stereocenters. The lowest BCUT2D eigenvalue weighted by atomic mass is 10.3. The summed E-state index contributed by atoms with van der Waals surface area (Å²) < 4.78 is 7.70. The number of ether oxygens (including phenoxy) is 1. The lowest BCUT2D eigenvalue weighted by molar-refractivity contribution is 0.207. The van der Waals surface area contributed by atoms with Crippen LogP contribution in [-0.2, 0) is 7.05 Å². The first-order valence-electron chi connectivity index (χ1n) is 9.61. The van der Waals surface area contributed by atoms with Gasteiger partial charge in [0.2, 0.25) is 5.95 Å². The van der Waals surface area contributed by atoms with Gasteiger partial charge in [-0.05, 0) is 31.2 Å². The fourth-order valence-electron chi connectivity index (χ4n) is 3.57. The molecule has 146 valence electrons. The first-order chi connectivity index (χ1) is 13.7. The van der Waals surface area contributed by atoms with Crippen molar-refractivity contribution in [3.8, 4) is 5.75 Å². The number of carbonyl (C=O) groups is 1. The number of aryl methyl sites for hydroxylation is 1. The Labute approximate surface area is 164 Å². The highest BCUT2D eigenvalue weighted by molar-refractivity contribution is 5.91. The Bertz CT molecular complexity index is 976. The fourth-order valence-corrected chi connectivity index (χ4v) is 3.57. The molecule has 1 fully saturated rings. The molecule has 1 aromatic heterocycles. The average Bonchev–Trinajstić information content (AvgIpc) is 3.07. The maximum absolute atomic E-state index is 12.7. The zero-order chi connectivity index (χ0) is 19.5. The van der Waals surface area contributed by atoms with Crippen molar-refractivity contribution in [3.05, 3.63) is 48.5 Å². The third kappa shape index (κ3) is 3.47. The third-order valence-corrected chi connectivity index (χ3v) is 5.04. The van der Waals surface area contributed by atoms with Crippen LogP contribution < -0.4 is 15.0 Å². The van der Waals surface area contributed by atoms with E-state index < -0.39 is 0 Å². The van der Waals surface area contributed by atoms with Gasteiger partial charge in [-0.1, -0.05) is 24.3 Å². The van der Waals surface area contributed by atoms with Crippen molar-refractivity contribution in [2.24, 2.45) is 7.05 Å². The number of aromatic nitrogens is 2. The second kappa shape index (κ2) is 7.80. The van der Waals surface area contributed by atoms with Gasteiger partial charge in [0.25, 0.3) is 0 Å². The summed E-state index contributed by atoms with van der Waals surface area (Å²) in [7, 11) is 2.04. The summed E-state index contributed by atoms with van der Waals surface area (Å²) in [5, 5.41) is 2.98. The maximum atomic E-state index is 12.7. The molecule has 0 saturated carbocycles. The van der Waals surface area contributed by atoms with Crippen LogP contribution in [0.25, 0.3) is 11.0 Å². The van der Waals surface area contributed by atoms with Crippen LogP contribution in [-0.4, -0.2) is 53.3 Å². The van der Waals surface area contributed by atoms with Crippen LogP contribution in [0, 0.1) is 0 Å². The largest absolute Gasteiger partial charge is 0.492 e. The van der Waals surface area contributed by atoms with E-state index >= 15 is 0 Å². The minimum absolute atomic E-state index is 0.100. The van der Waals surface area contributed by atoms with Gasteiger partial charge in [0.05, 0.1) is 23.3 Å². The normalized spacial score (nSPS) is 14.4. The maximum Gasteiger partial charge on any atom is 0.322 e. The van der Waals surface area contributed by atoms with E-state index in [0.29, 0.717) is 31.1 Å². The van der Waals surface area contributed by atoms with E-state index in [4.69, 9.17) is 9.72 Å². The molecule has 2 heterocycles.